The molecule has 0 spiro atoms. The number of nitrogens with zero attached hydrogens (tertiary/aromatic N) is 1. The van der Waals surface area contributed by atoms with Crippen molar-refractivity contribution in [1.29, 1.82) is 0 Å². The Morgan fingerprint density at radius 3 is 3.08 bits per heavy atom. The first-order valence-corrected chi connectivity index (χ1v) is 3.76. The fourth-order valence-electron chi connectivity index (χ4n) is 0.852. The summed E-state index contributed by atoms with van der Waals surface area (Å²) in [6, 6.07) is 1.84. The summed E-state index contributed by atoms with van der Waals surface area (Å²) >= 11 is 0. The molecule has 0 saturated heterocycles. The maximum Gasteiger partial charge on any atom is 0.0635 e. The third-order valence-electron chi connectivity index (χ3n) is 1.39. The quantitative estimate of drug-likeness (QED) is 0.649. The van der Waals surface area contributed by atoms with E-state index in [0.29, 0.717) is 12.3 Å². The molecule has 1 aromatic rings. The zero-order valence-corrected chi connectivity index (χ0v) is 7.08. The van der Waals surface area contributed by atoms with Crippen molar-refractivity contribution in [3.63, 3.8) is 0 Å². The maximum absolute atomic E-state index is 5.53. The minimum Gasteiger partial charge on any atom is -0.397 e. The topological polar surface area (TPSA) is 60.2 Å². The van der Waals surface area contributed by atoms with Crippen molar-refractivity contribution in [2.45, 2.75) is 0 Å². The summed E-state index contributed by atoms with van der Waals surface area (Å²) in [5.41, 5.74) is 7.12. The Labute approximate surface area is 71.7 Å². The lowest BCUT2D eigenvalue weighted by molar-refractivity contribution is 0.211. The number of nitrogens with one attached hydrogen (secondary N) is 1. The predicted octanol–water partition coefficient (Wildman–Crippen LogP) is 0.722. The highest BCUT2D eigenvalue weighted by Gasteiger charge is 1.91. The molecule has 0 aliphatic carbocycles. The fraction of sp³-hybridized carbons (Fsp3) is 0.375. The highest BCUT2D eigenvalue weighted by Crippen LogP contribution is 2.08. The SMILES string of the molecule is COCCNc1cncc(N)c1. The van der Waals surface area contributed by atoms with E-state index in [1.807, 2.05) is 6.07 Å². The predicted molar refractivity (Wildman–Crippen MR) is 49.0 cm³/mol. The zero-order chi connectivity index (χ0) is 8.81. The number of hydrogen-bond acceptors (Lipinski definition) is 4. The molecule has 0 fully saturated rings. The second-order valence-corrected chi connectivity index (χ2v) is 2.43. The highest BCUT2D eigenvalue weighted by molar-refractivity contribution is 5.51. The second kappa shape index (κ2) is 4.56. The molecule has 0 atom stereocenters. The molecule has 0 saturated carbocycles. The van der Waals surface area contributed by atoms with Gasteiger partial charge in [0.05, 0.1) is 24.2 Å². The monoisotopic (exact) mass is 167 g/mol. The summed E-state index contributed by atoms with van der Waals surface area (Å²) in [4.78, 5) is 3.93. The van der Waals surface area contributed by atoms with E-state index in [-0.39, 0.29) is 0 Å². The molecule has 0 aromatic carbocycles. The summed E-state index contributed by atoms with van der Waals surface area (Å²) in [7, 11) is 1.67. The van der Waals surface area contributed by atoms with E-state index in [0.717, 1.165) is 12.2 Å². The zero-order valence-electron chi connectivity index (χ0n) is 7.08. The van der Waals surface area contributed by atoms with Crippen molar-refractivity contribution >= 4 is 11.4 Å². The van der Waals surface area contributed by atoms with Gasteiger partial charge in [-0.3, -0.25) is 4.98 Å². The van der Waals surface area contributed by atoms with E-state index in [1.165, 1.54) is 0 Å². The van der Waals surface area contributed by atoms with Gasteiger partial charge in [-0.1, -0.05) is 0 Å². The number of anilines is 2. The summed E-state index contributed by atoms with van der Waals surface area (Å²) in [6.07, 6.45) is 3.34. The van der Waals surface area contributed by atoms with Crippen molar-refractivity contribution in [2.75, 3.05) is 31.3 Å². The highest BCUT2D eigenvalue weighted by atomic mass is 16.5. The van der Waals surface area contributed by atoms with Crippen molar-refractivity contribution in [3.05, 3.63) is 18.5 Å². The summed E-state index contributed by atoms with van der Waals surface area (Å²) in [6.45, 7) is 1.44. The van der Waals surface area contributed by atoms with Gasteiger partial charge in [0.1, 0.15) is 0 Å². The third-order valence-corrected chi connectivity index (χ3v) is 1.39. The van der Waals surface area contributed by atoms with Crippen molar-refractivity contribution in [1.82, 2.24) is 4.98 Å². The van der Waals surface area contributed by atoms with Gasteiger partial charge in [-0.25, -0.2) is 0 Å². The van der Waals surface area contributed by atoms with Crippen LogP contribution < -0.4 is 11.1 Å². The molecule has 0 radical (unpaired) electrons. The van der Waals surface area contributed by atoms with Gasteiger partial charge in [-0.05, 0) is 6.07 Å². The molecule has 0 unspecified atom stereocenters. The van der Waals surface area contributed by atoms with E-state index in [2.05, 4.69) is 10.3 Å². The molecular weight excluding hydrogens is 154 g/mol. The molecule has 1 aromatic heterocycles. The number of aromatic nitrogens is 1. The van der Waals surface area contributed by atoms with E-state index in [9.17, 15) is 0 Å². The van der Waals surface area contributed by atoms with Crippen LogP contribution in [0.4, 0.5) is 11.4 Å². The molecular formula is C8H13N3O. The van der Waals surface area contributed by atoms with Crippen LogP contribution in [0.25, 0.3) is 0 Å². The van der Waals surface area contributed by atoms with Crippen LogP contribution >= 0.6 is 0 Å². The second-order valence-electron chi connectivity index (χ2n) is 2.43. The molecule has 4 heteroatoms. The number of nitrogens with two attached hydrogens (primary N) is 1. The van der Waals surface area contributed by atoms with Crippen LogP contribution in [0.3, 0.4) is 0 Å². The molecule has 0 aliphatic rings. The Kier molecular flexibility index (Phi) is 3.35. The molecule has 0 amide bonds. The standard InChI is InChI=1S/C8H13N3O/c1-12-3-2-11-8-4-7(9)5-10-6-8/h4-6,11H,2-3,9H2,1H3. The van der Waals surface area contributed by atoms with Crippen molar-refractivity contribution < 1.29 is 4.74 Å². The van der Waals surface area contributed by atoms with Gasteiger partial charge < -0.3 is 15.8 Å². The van der Waals surface area contributed by atoms with Crippen LogP contribution in [-0.4, -0.2) is 25.2 Å². The van der Waals surface area contributed by atoms with Crippen LogP contribution in [0.2, 0.25) is 0 Å². The summed E-state index contributed by atoms with van der Waals surface area (Å²) in [5.74, 6) is 0. The smallest absolute Gasteiger partial charge is 0.0635 e. The average Bonchev–Trinajstić information content (AvgIpc) is 2.05. The third kappa shape index (κ3) is 2.75. The lowest BCUT2D eigenvalue weighted by atomic mass is 10.4. The van der Waals surface area contributed by atoms with E-state index < -0.39 is 0 Å². The van der Waals surface area contributed by atoms with Crippen LogP contribution in [0, 0.1) is 0 Å². The van der Waals surface area contributed by atoms with Gasteiger partial charge in [0, 0.05) is 19.9 Å². The summed E-state index contributed by atoms with van der Waals surface area (Å²) in [5, 5.41) is 3.12. The first-order chi connectivity index (χ1) is 5.83. The van der Waals surface area contributed by atoms with Crippen molar-refractivity contribution in [2.24, 2.45) is 0 Å². The number of hydrogen-bond donors (Lipinski definition) is 2. The normalized spacial score (nSPS) is 9.75. The molecule has 12 heavy (non-hydrogen) atoms. The number of pyridine rings is 1. The van der Waals surface area contributed by atoms with Gasteiger partial charge in [0.2, 0.25) is 0 Å². The Morgan fingerprint density at radius 2 is 2.42 bits per heavy atom. The van der Waals surface area contributed by atoms with Gasteiger partial charge in [-0.15, -0.1) is 0 Å². The van der Waals surface area contributed by atoms with Crippen LogP contribution in [0.1, 0.15) is 0 Å². The number of ether oxygens (including phenoxy) is 1. The van der Waals surface area contributed by atoms with Gasteiger partial charge in [0.25, 0.3) is 0 Å². The first-order valence-electron chi connectivity index (χ1n) is 3.76. The number of methoxy groups -OCH3 is 1. The molecule has 4 nitrogen and oxygen atoms in total. The average molecular weight is 167 g/mol. The van der Waals surface area contributed by atoms with Gasteiger partial charge in [0.15, 0.2) is 0 Å². The van der Waals surface area contributed by atoms with Gasteiger partial charge in [-0.2, -0.15) is 0 Å². The minimum atomic E-state index is 0.664. The minimum absolute atomic E-state index is 0.664. The van der Waals surface area contributed by atoms with Crippen LogP contribution in [-0.2, 0) is 4.74 Å². The Morgan fingerprint density at radius 1 is 1.58 bits per heavy atom. The lowest BCUT2D eigenvalue weighted by Gasteiger charge is -2.04. The first kappa shape index (κ1) is 8.80. The Balaban J connectivity index is 2.41. The Hall–Kier alpha value is -1.29. The van der Waals surface area contributed by atoms with Crippen LogP contribution in [0.5, 0.6) is 0 Å². The molecule has 66 valence electrons. The fourth-order valence-corrected chi connectivity index (χ4v) is 0.852. The molecule has 1 heterocycles. The van der Waals surface area contributed by atoms with E-state index in [1.54, 1.807) is 19.5 Å². The lowest BCUT2D eigenvalue weighted by Crippen LogP contribution is -2.07. The van der Waals surface area contributed by atoms with E-state index in [4.69, 9.17) is 10.5 Å². The van der Waals surface area contributed by atoms with Crippen LogP contribution in [0.15, 0.2) is 18.5 Å². The largest absolute Gasteiger partial charge is 0.397 e. The van der Waals surface area contributed by atoms with E-state index >= 15 is 0 Å². The molecule has 1 rings (SSSR count). The molecule has 0 bridgehead atoms. The number of nitrogen functional groups attached to an aromatic ring is 1. The number of rotatable bonds is 4. The Bertz CT molecular complexity index is 239. The van der Waals surface area contributed by atoms with Gasteiger partial charge >= 0.3 is 0 Å². The summed E-state index contributed by atoms with van der Waals surface area (Å²) < 4.78 is 4.88. The van der Waals surface area contributed by atoms with Crippen molar-refractivity contribution in [3.8, 4) is 0 Å². The molecule has 3 N–H and O–H groups in total. The molecule has 0 aliphatic heterocycles. The maximum atomic E-state index is 5.53.